The number of amides is 2. The maximum Gasteiger partial charge on any atom is 0.243 e. The van der Waals surface area contributed by atoms with Crippen LogP contribution in [0.25, 0.3) is 0 Å². The SMILES string of the molecule is CCC(C)NC(=O)C(CC)N(Cc1cccc(OC)c1)C(=O)CCCSc1ccc(Cl)cc1. The number of carbonyl (C=O) groups excluding carboxylic acids is 2. The Kier molecular flexibility index (Phi) is 11.6. The molecule has 0 saturated carbocycles. The van der Waals surface area contributed by atoms with E-state index in [4.69, 9.17) is 16.3 Å². The number of halogens is 1. The van der Waals surface area contributed by atoms with E-state index in [0.717, 1.165) is 34.8 Å². The summed E-state index contributed by atoms with van der Waals surface area (Å²) in [5.74, 6) is 1.44. The van der Waals surface area contributed by atoms with Crippen LogP contribution in [0, 0.1) is 0 Å². The van der Waals surface area contributed by atoms with Crippen molar-refractivity contribution in [3.8, 4) is 5.75 Å². The molecule has 0 saturated heterocycles. The van der Waals surface area contributed by atoms with Crippen LogP contribution >= 0.6 is 23.4 Å². The van der Waals surface area contributed by atoms with Gasteiger partial charge < -0.3 is 15.0 Å². The zero-order valence-corrected chi connectivity index (χ0v) is 21.5. The Morgan fingerprint density at radius 2 is 1.85 bits per heavy atom. The summed E-state index contributed by atoms with van der Waals surface area (Å²) in [5, 5.41) is 3.76. The van der Waals surface area contributed by atoms with Crippen molar-refractivity contribution in [2.75, 3.05) is 12.9 Å². The van der Waals surface area contributed by atoms with E-state index in [9.17, 15) is 9.59 Å². The van der Waals surface area contributed by atoms with E-state index < -0.39 is 6.04 Å². The van der Waals surface area contributed by atoms with Gasteiger partial charge in [-0.2, -0.15) is 0 Å². The number of benzene rings is 2. The fourth-order valence-electron chi connectivity index (χ4n) is 3.42. The molecule has 2 aromatic rings. The van der Waals surface area contributed by atoms with Crippen molar-refractivity contribution in [1.29, 1.82) is 0 Å². The van der Waals surface area contributed by atoms with Crippen LogP contribution in [0.2, 0.25) is 5.02 Å². The lowest BCUT2D eigenvalue weighted by Gasteiger charge is -2.31. The van der Waals surface area contributed by atoms with Gasteiger partial charge in [-0.1, -0.05) is 37.6 Å². The Bertz CT molecular complexity index is 891. The van der Waals surface area contributed by atoms with E-state index in [1.807, 2.05) is 69.3 Å². The predicted octanol–water partition coefficient (Wildman–Crippen LogP) is 5.94. The third kappa shape index (κ3) is 8.94. The summed E-state index contributed by atoms with van der Waals surface area (Å²) >= 11 is 7.64. The van der Waals surface area contributed by atoms with Gasteiger partial charge in [0.25, 0.3) is 0 Å². The number of hydrogen-bond acceptors (Lipinski definition) is 4. The van der Waals surface area contributed by atoms with Crippen LogP contribution in [-0.2, 0) is 16.1 Å². The Balaban J connectivity index is 2.09. The molecule has 0 fully saturated rings. The van der Waals surface area contributed by atoms with Crippen molar-refractivity contribution in [2.24, 2.45) is 0 Å². The zero-order valence-electron chi connectivity index (χ0n) is 20.0. The molecule has 33 heavy (non-hydrogen) atoms. The van der Waals surface area contributed by atoms with E-state index in [-0.39, 0.29) is 17.9 Å². The van der Waals surface area contributed by atoms with Crippen molar-refractivity contribution in [1.82, 2.24) is 10.2 Å². The number of hydrogen-bond donors (Lipinski definition) is 1. The van der Waals surface area contributed by atoms with Crippen LogP contribution in [0.4, 0.5) is 0 Å². The van der Waals surface area contributed by atoms with Crippen molar-refractivity contribution < 1.29 is 14.3 Å². The molecule has 2 rings (SSSR count). The highest BCUT2D eigenvalue weighted by molar-refractivity contribution is 7.99. The second kappa shape index (κ2) is 14.2. The molecule has 2 amide bonds. The normalized spacial score (nSPS) is 12.6. The van der Waals surface area contributed by atoms with E-state index in [1.165, 1.54) is 0 Å². The van der Waals surface area contributed by atoms with Crippen LogP contribution in [0.5, 0.6) is 5.75 Å². The molecule has 0 aromatic heterocycles. The quantitative estimate of drug-likeness (QED) is 0.278. The summed E-state index contributed by atoms with van der Waals surface area (Å²) in [4.78, 5) is 29.2. The van der Waals surface area contributed by atoms with Crippen molar-refractivity contribution in [3.05, 3.63) is 59.1 Å². The monoisotopic (exact) mass is 490 g/mol. The molecule has 2 atom stereocenters. The van der Waals surface area contributed by atoms with E-state index >= 15 is 0 Å². The molecule has 1 N–H and O–H groups in total. The number of nitrogens with one attached hydrogen (secondary N) is 1. The van der Waals surface area contributed by atoms with Crippen molar-refractivity contribution in [3.63, 3.8) is 0 Å². The third-order valence-corrected chi connectivity index (χ3v) is 6.84. The van der Waals surface area contributed by atoms with Gasteiger partial charge >= 0.3 is 0 Å². The number of rotatable bonds is 13. The molecule has 0 heterocycles. The van der Waals surface area contributed by atoms with Gasteiger partial charge in [-0.05, 0) is 73.9 Å². The molecule has 180 valence electrons. The van der Waals surface area contributed by atoms with Gasteiger partial charge in [-0.25, -0.2) is 0 Å². The lowest BCUT2D eigenvalue weighted by Crippen LogP contribution is -2.50. The second-order valence-electron chi connectivity index (χ2n) is 8.02. The summed E-state index contributed by atoms with van der Waals surface area (Å²) in [6.45, 7) is 6.33. The predicted molar refractivity (Wildman–Crippen MR) is 137 cm³/mol. The fourth-order valence-corrected chi connectivity index (χ4v) is 4.39. The zero-order chi connectivity index (χ0) is 24.2. The second-order valence-corrected chi connectivity index (χ2v) is 9.63. The summed E-state index contributed by atoms with van der Waals surface area (Å²) < 4.78 is 5.33. The Labute approximate surface area is 207 Å². The molecule has 2 unspecified atom stereocenters. The lowest BCUT2D eigenvalue weighted by molar-refractivity contribution is -0.141. The summed E-state index contributed by atoms with van der Waals surface area (Å²) in [6.07, 6.45) is 2.51. The van der Waals surface area contributed by atoms with Crippen LogP contribution in [0.15, 0.2) is 53.4 Å². The molecule has 0 aliphatic heterocycles. The highest BCUT2D eigenvalue weighted by Gasteiger charge is 2.29. The molecular formula is C26H35ClN2O3S. The Hall–Kier alpha value is -2.18. The molecule has 7 heteroatoms. The number of carbonyl (C=O) groups is 2. The highest BCUT2D eigenvalue weighted by Crippen LogP contribution is 2.23. The largest absolute Gasteiger partial charge is 0.497 e. The number of methoxy groups -OCH3 is 1. The molecule has 0 aliphatic carbocycles. The van der Waals surface area contributed by atoms with Gasteiger partial charge in [-0.3, -0.25) is 9.59 Å². The van der Waals surface area contributed by atoms with E-state index in [0.29, 0.717) is 24.4 Å². The first-order chi connectivity index (χ1) is 15.9. The molecule has 5 nitrogen and oxygen atoms in total. The smallest absolute Gasteiger partial charge is 0.243 e. The molecule has 0 radical (unpaired) electrons. The minimum absolute atomic E-state index is 0.0133. The van der Waals surface area contributed by atoms with Crippen molar-refractivity contribution in [2.45, 2.75) is 70.0 Å². The first kappa shape index (κ1) is 27.1. The summed E-state index contributed by atoms with van der Waals surface area (Å²) in [7, 11) is 1.62. The van der Waals surface area contributed by atoms with Gasteiger partial charge in [0.2, 0.25) is 11.8 Å². The number of thioether (sulfide) groups is 1. The van der Waals surface area contributed by atoms with Gasteiger partial charge in [0.15, 0.2) is 0 Å². The number of ether oxygens (including phenoxy) is 1. The fraction of sp³-hybridized carbons (Fsp3) is 0.462. The first-order valence-corrected chi connectivity index (χ1v) is 12.8. The third-order valence-electron chi connectivity index (χ3n) is 5.49. The maximum absolute atomic E-state index is 13.3. The van der Waals surface area contributed by atoms with Gasteiger partial charge in [0, 0.05) is 28.9 Å². The van der Waals surface area contributed by atoms with Crippen LogP contribution in [0.1, 0.15) is 52.0 Å². The molecule has 2 aromatic carbocycles. The maximum atomic E-state index is 13.3. The topological polar surface area (TPSA) is 58.6 Å². The highest BCUT2D eigenvalue weighted by atomic mass is 35.5. The Morgan fingerprint density at radius 1 is 1.12 bits per heavy atom. The molecule has 0 bridgehead atoms. The van der Waals surface area contributed by atoms with Gasteiger partial charge in [-0.15, -0.1) is 11.8 Å². The van der Waals surface area contributed by atoms with Crippen molar-refractivity contribution >= 4 is 35.2 Å². The molecule has 0 spiro atoms. The van der Waals surface area contributed by atoms with E-state index in [1.54, 1.807) is 23.8 Å². The van der Waals surface area contributed by atoms with Gasteiger partial charge in [0.1, 0.15) is 11.8 Å². The van der Waals surface area contributed by atoms with Gasteiger partial charge in [0.05, 0.1) is 7.11 Å². The lowest BCUT2D eigenvalue weighted by atomic mass is 10.1. The minimum atomic E-state index is -0.512. The van der Waals surface area contributed by atoms with Crippen LogP contribution in [0.3, 0.4) is 0 Å². The average molecular weight is 491 g/mol. The summed E-state index contributed by atoms with van der Waals surface area (Å²) in [5.41, 5.74) is 0.938. The van der Waals surface area contributed by atoms with E-state index in [2.05, 4.69) is 5.32 Å². The molecule has 0 aliphatic rings. The number of nitrogens with zero attached hydrogens (tertiary/aromatic N) is 1. The van der Waals surface area contributed by atoms with Crippen LogP contribution in [-0.4, -0.2) is 41.7 Å². The van der Waals surface area contributed by atoms with Crippen LogP contribution < -0.4 is 10.1 Å². The summed E-state index contributed by atoms with van der Waals surface area (Å²) in [6, 6.07) is 14.9. The molecular weight excluding hydrogens is 456 g/mol. The first-order valence-electron chi connectivity index (χ1n) is 11.5. The Morgan fingerprint density at radius 3 is 2.48 bits per heavy atom. The standard InChI is InChI=1S/C26H35ClN2O3S/c1-5-19(3)28-26(31)24(6-2)29(18-20-9-7-10-22(17-20)32-4)25(30)11-8-16-33-23-14-12-21(27)13-15-23/h7,9-10,12-15,17,19,24H,5-6,8,11,16,18H2,1-4H3,(H,28,31). The average Bonchev–Trinajstić information content (AvgIpc) is 2.82. The minimum Gasteiger partial charge on any atom is -0.497 e.